The molecule has 3 aromatic rings. The number of nitrogens with one attached hydrogen (secondary N) is 2. The molecule has 0 spiro atoms. The number of carbonyl (C=O) groups is 1. The van der Waals surface area contributed by atoms with Gasteiger partial charge in [0.1, 0.15) is 18.4 Å². The van der Waals surface area contributed by atoms with Gasteiger partial charge in [-0.15, -0.1) is 11.3 Å². The number of ether oxygens (including phenoxy) is 3. The van der Waals surface area contributed by atoms with E-state index in [1.54, 1.807) is 29.7 Å². The first-order valence-electron chi connectivity index (χ1n) is 8.64. The van der Waals surface area contributed by atoms with Crippen LogP contribution in [0.3, 0.4) is 0 Å². The minimum absolute atomic E-state index is 0.162. The Bertz CT molecular complexity index is 1030. The highest BCUT2D eigenvalue weighted by molar-refractivity contribution is 7.71. The van der Waals surface area contributed by atoms with Crippen LogP contribution in [0.25, 0.3) is 10.7 Å². The summed E-state index contributed by atoms with van der Waals surface area (Å²) in [5.41, 5.74) is 0. The van der Waals surface area contributed by atoms with Crippen LogP contribution in [-0.4, -0.2) is 40.6 Å². The van der Waals surface area contributed by atoms with E-state index in [1.165, 1.54) is 11.3 Å². The first-order chi connectivity index (χ1) is 13.6. The molecule has 1 amide bonds. The molecule has 10 heteroatoms. The van der Waals surface area contributed by atoms with Crippen molar-refractivity contribution in [1.29, 1.82) is 0 Å². The molecule has 2 N–H and O–H groups in total. The van der Waals surface area contributed by atoms with Gasteiger partial charge in [0.2, 0.25) is 12.7 Å². The lowest BCUT2D eigenvalue weighted by atomic mass is 10.3. The van der Waals surface area contributed by atoms with Gasteiger partial charge in [-0.1, -0.05) is 6.07 Å². The fourth-order valence-electron chi connectivity index (χ4n) is 2.82. The van der Waals surface area contributed by atoms with Gasteiger partial charge in [0.05, 0.1) is 11.4 Å². The fourth-order valence-corrected chi connectivity index (χ4v) is 3.82. The number of fused-ring (bicyclic) bond motifs is 1. The number of H-pyrrole nitrogens is 1. The molecule has 1 aromatic carbocycles. The van der Waals surface area contributed by atoms with Gasteiger partial charge >= 0.3 is 0 Å². The summed E-state index contributed by atoms with van der Waals surface area (Å²) in [6.45, 7) is 2.69. The van der Waals surface area contributed by atoms with E-state index in [0.717, 1.165) is 4.88 Å². The van der Waals surface area contributed by atoms with E-state index < -0.39 is 6.04 Å². The molecular formula is C18H18N4O4S2. The Morgan fingerprint density at radius 3 is 3.11 bits per heavy atom. The van der Waals surface area contributed by atoms with Gasteiger partial charge in [-0.3, -0.25) is 14.5 Å². The van der Waals surface area contributed by atoms with E-state index >= 15 is 0 Å². The highest BCUT2D eigenvalue weighted by Gasteiger charge is 2.21. The average molecular weight is 419 g/mol. The zero-order valence-electron chi connectivity index (χ0n) is 15.0. The Balaban J connectivity index is 1.33. The number of aromatic amines is 1. The molecule has 8 nitrogen and oxygen atoms in total. The molecule has 0 aliphatic carbocycles. The van der Waals surface area contributed by atoms with Crippen LogP contribution in [0.4, 0.5) is 0 Å². The number of hydrogen-bond acceptors (Lipinski definition) is 7. The van der Waals surface area contributed by atoms with Crippen LogP contribution in [0.15, 0.2) is 35.7 Å². The zero-order chi connectivity index (χ0) is 19.5. The van der Waals surface area contributed by atoms with Gasteiger partial charge in [-0.05, 0) is 42.7 Å². The Labute approximate surface area is 170 Å². The molecule has 1 aliphatic heterocycles. The summed E-state index contributed by atoms with van der Waals surface area (Å²) in [5, 5.41) is 11.8. The smallest absolute Gasteiger partial charge is 0.243 e. The van der Waals surface area contributed by atoms with Gasteiger partial charge in [-0.25, -0.2) is 0 Å². The summed E-state index contributed by atoms with van der Waals surface area (Å²) in [5.74, 6) is 2.51. The molecule has 1 atom stereocenters. The van der Waals surface area contributed by atoms with Gasteiger partial charge in [0.25, 0.3) is 0 Å². The Kier molecular flexibility index (Phi) is 5.31. The Morgan fingerprint density at radius 1 is 1.43 bits per heavy atom. The van der Waals surface area contributed by atoms with Crippen molar-refractivity contribution in [2.45, 2.75) is 13.0 Å². The number of amides is 1. The molecule has 4 rings (SSSR count). The minimum atomic E-state index is -0.506. The second-order valence-corrected chi connectivity index (χ2v) is 7.36. The van der Waals surface area contributed by atoms with E-state index in [0.29, 0.717) is 41.0 Å². The molecule has 1 aliphatic rings. The van der Waals surface area contributed by atoms with Crippen LogP contribution in [0.5, 0.6) is 17.2 Å². The lowest BCUT2D eigenvalue weighted by molar-refractivity contribution is -0.123. The maximum Gasteiger partial charge on any atom is 0.243 e. The van der Waals surface area contributed by atoms with Crippen molar-refractivity contribution in [2.24, 2.45) is 0 Å². The van der Waals surface area contributed by atoms with Gasteiger partial charge in [-0.2, -0.15) is 5.10 Å². The minimum Gasteiger partial charge on any atom is -0.492 e. The first kappa shape index (κ1) is 18.5. The van der Waals surface area contributed by atoms with Crippen LogP contribution >= 0.6 is 23.6 Å². The third-order valence-electron chi connectivity index (χ3n) is 4.23. The molecule has 0 fully saturated rings. The van der Waals surface area contributed by atoms with Crippen molar-refractivity contribution in [3.63, 3.8) is 0 Å². The second kappa shape index (κ2) is 8.03. The van der Waals surface area contributed by atoms with Gasteiger partial charge < -0.3 is 19.5 Å². The molecule has 0 saturated carbocycles. The molecule has 0 bridgehead atoms. The Morgan fingerprint density at radius 2 is 2.29 bits per heavy atom. The van der Waals surface area contributed by atoms with Crippen molar-refractivity contribution < 1.29 is 19.0 Å². The molecule has 146 valence electrons. The standard InChI is InChI=1S/C18H18N4O4S2/c1-11(22-16(20-21-18(22)27)15-3-2-8-28-15)17(23)19-6-7-24-12-4-5-13-14(9-12)26-10-25-13/h2-5,8-9,11H,6-7,10H2,1H3,(H,19,23)(H,21,27). The van der Waals surface area contributed by atoms with Crippen molar-refractivity contribution >= 4 is 29.5 Å². The average Bonchev–Trinajstić information content (AvgIpc) is 3.44. The summed E-state index contributed by atoms with van der Waals surface area (Å²) in [4.78, 5) is 13.5. The number of benzene rings is 1. The monoisotopic (exact) mass is 418 g/mol. The van der Waals surface area contributed by atoms with E-state index in [-0.39, 0.29) is 12.7 Å². The molecule has 0 saturated heterocycles. The maximum atomic E-state index is 12.6. The summed E-state index contributed by atoms with van der Waals surface area (Å²) < 4.78 is 18.4. The van der Waals surface area contributed by atoms with E-state index in [4.69, 9.17) is 26.4 Å². The highest BCUT2D eigenvalue weighted by atomic mass is 32.1. The normalized spacial score (nSPS) is 13.3. The molecule has 0 radical (unpaired) electrons. The molecule has 1 unspecified atom stereocenters. The Hall–Kier alpha value is -2.85. The molecule has 28 heavy (non-hydrogen) atoms. The van der Waals surface area contributed by atoms with Crippen LogP contribution < -0.4 is 19.5 Å². The topological polar surface area (TPSA) is 90.4 Å². The number of thiophene rings is 1. The van der Waals surface area contributed by atoms with Crippen molar-refractivity contribution in [1.82, 2.24) is 20.1 Å². The number of nitrogens with zero attached hydrogens (tertiary/aromatic N) is 2. The lowest BCUT2D eigenvalue weighted by Gasteiger charge is -2.15. The summed E-state index contributed by atoms with van der Waals surface area (Å²) in [7, 11) is 0. The van der Waals surface area contributed by atoms with Gasteiger partial charge in [0, 0.05) is 6.07 Å². The SMILES string of the molecule is CC(C(=O)NCCOc1ccc2c(c1)OCO2)n1c(-c2cccs2)n[nH]c1=S. The van der Waals surface area contributed by atoms with Crippen LogP contribution in [0, 0.1) is 4.77 Å². The summed E-state index contributed by atoms with van der Waals surface area (Å²) >= 11 is 6.84. The quantitative estimate of drug-likeness (QED) is 0.453. The number of hydrogen-bond donors (Lipinski definition) is 2. The number of rotatable bonds is 7. The first-order valence-corrected chi connectivity index (χ1v) is 9.93. The molecule has 2 aromatic heterocycles. The predicted molar refractivity (Wildman–Crippen MR) is 107 cm³/mol. The zero-order valence-corrected chi connectivity index (χ0v) is 16.6. The highest BCUT2D eigenvalue weighted by Crippen LogP contribution is 2.35. The lowest BCUT2D eigenvalue weighted by Crippen LogP contribution is -2.34. The van der Waals surface area contributed by atoms with Crippen molar-refractivity contribution in [2.75, 3.05) is 19.9 Å². The van der Waals surface area contributed by atoms with E-state index in [2.05, 4.69) is 15.5 Å². The summed E-state index contributed by atoms with van der Waals surface area (Å²) in [6, 6.07) is 8.73. The van der Waals surface area contributed by atoms with Crippen LogP contribution in [-0.2, 0) is 4.79 Å². The van der Waals surface area contributed by atoms with Crippen LogP contribution in [0.2, 0.25) is 0 Å². The third kappa shape index (κ3) is 3.73. The van der Waals surface area contributed by atoms with E-state index in [9.17, 15) is 4.79 Å². The van der Waals surface area contributed by atoms with Crippen molar-refractivity contribution in [3.8, 4) is 28.0 Å². The third-order valence-corrected chi connectivity index (χ3v) is 5.38. The van der Waals surface area contributed by atoms with Crippen molar-refractivity contribution in [3.05, 3.63) is 40.5 Å². The second-order valence-electron chi connectivity index (χ2n) is 6.03. The predicted octanol–water partition coefficient (Wildman–Crippen LogP) is 3.15. The summed E-state index contributed by atoms with van der Waals surface area (Å²) in [6.07, 6.45) is 0. The van der Waals surface area contributed by atoms with Gasteiger partial charge in [0.15, 0.2) is 22.1 Å². The van der Waals surface area contributed by atoms with E-state index in [1.807, 2.05) is 17.5 Å². The van der Waals surface area contributed by atoms with Crippen LogP contribution in [0.1, 0.15) is 13.0 Å². The molecular weight excluding hydrogens is 400 g/mol. The fraction of sp³-hybridized carbons (Fsp3) is 0.278. The largest absolute Gasteiger partial charge is 0.492 e. The number of carbonyl (C=O) groups excluding carboxylic acids is 1. The number of aromatic nitrogens is 3. The maximum absolute atomic E-state index is 12.6. The molecule has 3 heterocycles.